The lowest BCUT2D eigenvalue weighted by Crippen LogP contribution is -2.27. The molecule has 0 bridgehead atoms. The maximum absolute atomic E-state index is 11.8. The van der Waals surface area contributed by atoms with E-state index < -0.39 is 11.9 Å². The third-order valence-corrected chi connectivity index (χ3v) is 5.50. The van der Waals surface area contributed by atoms with Gasteiger partial charge in [0, 0.05) is 16.3 Å². The van der Waals surface area contributed by atoms with Gasteiger partial charge < -0.3 is 10.4 Å². The summed E-state index contributed by atoms with van der Waals surface area (Å²) in [6, 6.07) is 5.34. The molecule has 0 saturated heterocycles. The van der Waals surface area contributed by atoms with Crippen LogP contribution in [0.4, 0.5) is 0 Å². The molecule has 0 aliphatic carbocycles. The van der Waals surface area contributed by atoms with Crippen molar-refractivity contribution < 1.29 is 9.90 Å². The monoisotopic (exact) mass is 357 g/mol. The Bertz CT molecular complexity index is 683. The first-order valence-corrected chi connectivity index (χ1v) is 8.61. The lowest BCUT2D eigenvalue weighted by molar-refractivity contribution is -0.133. The number of hydrogen-bond donors (Lipinski definition) is 2. The highest BCUT2D eigenvalue weighted by Crippen LogP contribution is 2.46. The van der Waals surface area contributed by atoms with Crippen LogP contribution in [0.5, 0.6) is 0 Å². The Labute approximate surface area is 144 Å². The largest absolute Gasteiger partial charge is 0.478 e. The predicted molar refractivity (Wildman–Crippen MR) is 93.5 cm³/mol. The van der Waals surface area contributed by atoms with Crippen LogP contribution in [0, 0.1) is 0 Å². The van der Waals surface area contributed by atoms with E-state index in [2.05, 4.69) is 5.32 Å². The molecule has 1 atom stereocenters. The van der Waals surface area contributed by atoms with Crippen molar-refractivity contribution in [2.75, 3.05) is 5.75 Å². The molecule has 0 amide bonds. The van der Waals surface area contributed by atoms with E-state index >= 15 is 0 Å². The summed E-state index contributed by atoms with van der Waals surface area (Å²) in [7, 11) is 0. The lowest BCUT2D eigenvalue weighted by Gasteiger charge is -2.31. The molecule has 2 N–H and O–H groups in total. The van der Waals surface area contributed by atoms with Gasteiger partial charge in [-0.1, -0.05) is 42.3 Å². The van der Waals surface area contributed by atoms with Gasteiger partial charge >= 0.3 is 5.97 Å². The number of rotatable bonds is 4. The minimum atomic E-state index is -0.951. The number of benzene rings is 1. The Morgan fingerprint density at radius 1 is 1.32 bits per heavy atom. The topological polar surface area (TPSA) is 49.3 Å². The maximum Gasteiger partial charge on any atom is 0.334 e. The van der Waals surface area contributed by atoms with Gasteiger partial charge in [0.15, 0.2) is 0 Å². The highest BCUT2D eigenvalue weighted by atomic mass is 35.5. The van der Waals surface area contributed by atoms with Crippen LogP contribution in [0.2, 0.25) is 10.0 Å². The molecule has 3 nitrogen and oxygen atoms in total. The van der Waals surface area contributed by atoms with Gasteiger partial charge in [0.05, 0.1) is 21.5 Å². The summed E-state index contributed by atoms with van der Waals surface area (Å²) in [5.74, 6) is -0.516. The second-order valence-corrected chi connectivity index (χ2v) is 7.06. The minimum Gasteiger partial charge on any atom is -0.478 e. The van der Waals surface area contributed by atoms with E-state index in [0.717, 1.165) is 21.9 Å². The molecule has 1 aliphatic rings. The highest BCUT2D eigenvalue weighted by molar-refractivity contribution is 8.03. The average Bonchev–Trinajstić information content (AvgIpc) is 2.44. The lowest BCUT2D eigenvalue weighted by atomic mass is 9.86. The molecule has 6 heteroatoms. The highest BCUT2D eigenvalue weighted by Gasteiger charge is 2.34. The molecular weight excluding hydrogens is 341 g/mol. The van der Waals surface area contributed by atoms with Crippen molar-refractivity contribution in [2.45, 2.75) is 26.7 Å². The zero-order valence-electron chi connectivity index (χ0n) is 12.5. The summed E-state index contributed by atoms with van der Waals surface area (Å²) < 4.78 is 0. The maximum atomic E-state index is 11.8. The molecule has 1 aromatic carbocycles. The fraction of sp³-hybridized carbons (Fsp3) is 0.312. The van der Waals surface area contributed by atoms with Crippen molar-refractivity contribution in [3.63, 3.8) is 0 Å². The molecule has 0 aromatic heterocycles. The number of dihydropyridines is 1. The molecule has 1 aromatic rings. The number of thioether (sulfide) groups is 1. The number of hydrogen-bond acceptors (Lipinski definition) is 3. The van der Waals surface area contributed by atoms with Crippen LogP contribution in [-0.2, 0) is 4.79 Å². The van der Waals surface area contributed by atoms with Gasteiger partial charge in [-0.2, -0.15) is 0 Å². The summed E-state index contributed by atoms with van der Waals surface area (Å²) in [6.07, 6.45) is 0. The molecule has 1 aliphatic heterocycles. The number of carboxylic acids is 1. The number of halogens is 2. The molecule has 0 spiro atoms. The summed E-state index contributed by atoms with van der Waals surface area (Å²) >= 11 is 14.1. The van der Waals surface area contributed by atoms with Crippen molar-refractivity contribution >= 4 is 40.9 Å². The number of allylic oxidation sites excluding steroid dienone is 3. The van der Waals surface area contributed by atoms with Gasteiger partial charge in [0.25, 0.3) is 0 Å². The van der Waals surface area contributed by atoms with Crippen molar-refractivity contribution in [3.05, 3.63) is 55.7 Å². The van der Waals surface area contributed by atoms with Crippen LogP contribution in [0.1, 0.15) is 32.3 Å². The van der Waals surface area contributed by atoms with Crippen LogP contribution in [0.25, 0.3) is 0 Å². The van der Waals surface area contributed by atoms with Crippen LogP contribution in [-0.4, -0.2) is 16.8 Å². The fourth-order valence-corrected chi connectivity index (χ4v) is 4.05. The molecule has 0 saturated carbocycles. The summed E-state index contributed by atoms with van der Waals surface area (Å²) in [6.45, 7) is 5.75. The number of carboxylic acid groups (broad SMARTS) is 1. The molecule has 118 valence electrons. The molecule has 1 heterocycles. The molecule has 2 rings (SSSR count). The third kappa shape index (κ3) is 3.14. The normalized spacial score (nSPS) is 18.5. The molecular formula is C16H17Cl2NO2S. The second-order valence-electron chi connectivity index (χ2n) is 4.97. The van der Waals surface area contributed by atoms with E-state index in [1.807, 2.05) is 19.9 Å². The van der Waals surface area contributed by atoms with Crippen molar-refractivity contribution in [2.24, 2.45) is 0 Å². The zero-order valence-corrected chi connectivity index (χ0v) is 14.9. The van der Waals surface area contributed by atoms with Crippen LogP contribution < -0.4 is 5.32 Å². The Morgan fingerprint density at radius 2 is 2.00 bits per heavy atom. The van der Waals surface area contributed by atoms with Crippen molar-refractivity contribution in [1.29, 1.82) is 0 Å². The fourth-order valence-electron chi connectivity index (χ4n) is 2.65. The van der Waals surface area contributed by atoms with E-state index in [1.165, 1.54) is 0 Å². The van der Waals surface area contributed by atoms with E-state index in [0.29, 0.717) is 21.3 Å². The van der Waals surface area contributed by atoms with Gasteiger partial charge in [0.2, 0.25) is 0 Å². The number of aliphatic carboxylic acids is 1. The van der Waals surface area contributed by atoms with E-state index in [9.17, 15) is 9.90 Å². The predicted octanol–water partition coefficient (Wildman–Crippen LogP) is 5.02. The van der Waals surface area contributed by atoms with Crippen molar-refractivity contribution in [3.8, 4) is 0 Å². The minimum absolute atomic E-state index is 0.311. The van der Waals surface area contributed by atoms with Crippen LogP contribution in [0.3, 0.4) is 0 Å². The number of carbonyl (C=O) groups is 1. The third-order valence-electron chi connectivity index (χ3n) is 3.52. The van der Waals surface area contributed by atoms with Crippen LogP contribution >= 0.6 is 35.0 Å². The van der Waals surface area contributed by atoms with Gasteiger partial charge in [-0.3, -0.25) is 0 Å². The molecule has 22 heavy (non-hydrogen) atoms. The Kier molecular flexibility index (Phi) is 5.48. The van der Waals surface area contributed by atoms with Crippen LogP contribution in [0.15, 0.2) is 40.1 Å². The van der Waals surface area contributed by atoms with Gasteiger partial charge in [0.1, 0.15) is 0 Å². The van der Waals surface area contributed by atoms with Gasteiger partial charge in [-0.25, -0.2) is 4.79 Å². The Hall–Kier alpha value is -1.10. The SMILES string of the molecule is CCSC1=C(C)NC(C)=C(C(=O)O)C1c1cccc(Cl)c1Cl. The number of nitrogens with one attached hydrogen (secondary N) is 1. The summed E-state index contributed by atoms with van der Waals surface area (Å²) in [5.41, 5.74) is 2.62. The smallest absolute Gasteiger partial charge is 0.334 e. The zero-order chi connectivity index (χ0) is 16.4. The molecule has 0 radical (unpaired) electrons. The van der Waals surface area contributed by atoms with Gasteiger partial charge in [-0.05, 0) is 31.2 Å². The Balaban J connectivity index is 2.69. The first kappa shape index (κ1) is 17.3. The standard InChI is InChI=1S/C16H17Cl2NO2S/c1-4-22-15-9(3)19-8(2)12(16(20)21)13(15)10-6-5-7-11(17)14(10)18/h5-7,13,19H,4H2,1-3H3,(H,20,21). The van der Waals surface area contributed by atoms with E-state index in [1.54, 1.807) is 30.8 Å². The van der Waals surface area contributed by atoms with E-state index in [4.69, 9.17) is 23.2 Å². The Morgan fingerprint density at radius 3 is 2.59 bits per heavy atom. The van der Waals surface area contributed by atoms with Gasteiger partial charge in [-0.15, -0.1) is 11.8 Å². The van der Waals surface area contributed by atoms with E-state index in [-0.39, 0.29) is 0 Å². The summed E-state index contributed by atoms with van der Waals surface area (Å²) in [5, 5.41) is 13.7. The quantitative estimate of drug-likeness (QED) is 0.793. The first-order chi connectivity index (χ1) is 10.4. The molecule has 0 fully saturated rings. The molecule has 1 unspecified atom stereocenters. The average molecular weight is 358 g/mol. The summed E-state index contributed by atoms with van der Waals surface area (Å²) in [4.78, 5) is 12.8. The first-order valence-electron chi connectivity index (χ1n) is 6.87. The second kappa shape index (κ2) is 6.99. The van der Waals surface area contributed by atoms with Crippen molar-refractivity contribution in [1.82, 2.24) is 5.32 Å².